The average molecular weight is 338 g/mol. The van der Waals surface area contributed by atoms with E-state index in [2.05, 4.69) is 32.4 Å². The predicted octanol–water partition coefficient (Wildman–Crippen LogP) is 4.20. The molecule has 0 amide bonds. The van der Waals surface area contributed by atoms with Crippen LogP contribution in [0.2, 0.25) is 10.0 Å². The summed E-state index contributed by atoms with van der Waals surface area (Å²) in [6.07, 6.45) is 0. The van der Waals surface area contributed by atoms with E-state index >= 15 is 0 Å². The molecule has 20 heavy (non-hydrogen) atoms. The lowest BCUT2D eigenvalue weighted by atomic mass is 9.86. The Hall–Kier alpha value is -0.290. The monoisotopic (exact) mass is 337 g/mol. The zero-order valence-corrected chi connectivity index (χ0v) is 14.5. The van der Waals surface area contributed by atoms with E-state index in [0.717, 1.165) is 0 Å². The maximum atomic E-state index is 12.3. The van der Waals surface area contributed by atoms with Crippen LogP contribution in [-0.4, -0.2) is 15.0 Å². The molecule has 0 saturated heterocycles. The topological polar surface area (TPSA) is 46.2 Å². The second-order valence-corrected chi connectivity index (χ2v) is 8.08. The Balaban J connectivity index is 2.93. The van der Waals surface area contributed by atoms with E-state index in [9.17, 15) is 8.42 Å². The first-order valence-electron chi connectivity index (χ1n) is 6.60. The van der Waals surface area contributed by atoms with Crippen molar-refractivity contribution in [2.45, 2.75) is 32.6 Å². The van der Waals surface area contributed by atoms with Gasteiger partial charge in [0.25, 0.3) is 0 Å². The van der Waals surface area contributed by atoms with Crippen molar-refractivity contribution in [1.29, 1.82) is 0 Å². The summed E-state index contributed by atoms with van der Waals surface area (Å²) in [5.41, 5.74) is 0. The number of sulfonamides is 1. The van der Waals surface area contributed by atoms with Gasteiger partial charge in [-0.2, -0.15) is 0 Å². The molecular weight excluding hydrogens is 317 g/mol. The van der Waals surface area contributed by atoms with Crippen LogP contribution in [-0.2, 0) is 10.0 Å². The van der Waals surface area contributed by atoms with Gasteiger partial charge in [0.1, 0.15) is 4.90 Å². The molecule has 0 saturated carbocycles. The van der Waals surface area contributed by atoms with E-state index in [1.807, 2.05) is 0 Å². The van der Waals surface area contributed by atoms with Gasteiger partial charge in [0.2, 0.25) is 10.0 Å². The number of benzene rings is 1. The molecule has 0 unspecified atom stereocenters. The first-order valence-corrected chi connectivity index (χ1v) is 8.84. The van der Waals surface area contributed by atoms with Gasteiger partial charge >= 0.3 is 0 Å². The normalized spacial score (nSPS) is 12.7. The van der Waals surface area contributed by atoms with Crippen LogP contribution >= 0.6 is 23.2 Å². The highest BCUT2D eigenvalue weighted by Crippen LogP contribution is 2.29. The van der Waals surface area contributed by atoms with Crippen molar-refractivity contribution in [2.75, 3.05) is 6.54 Å². The van der Waals surface area contributed by atoms with Crippen LogP contribution in [0.5, 0.6) is 0 Å². The summed E-state index contributed by atoms with van der Waals surface area (Å²) in [6.45, 7) is 8.74. The lowest BCUT2D eigenvalue weighted by Crippen LogP contribution is -2.34. The number of halogens is 2. The summed E-state index contributed by atoms with van der Waals surface area (Å²) < 4.78 is 27.2. The first-order chi connectivity index (χ1) is 9.16. The molecule has 0 aliphatic heterocycles. The summed E-state index contributed by atoms with van der Waals surface area (Å²) in [4.78, 5) is 0.0259. The highest BCUT2D eigenvalue weighted by Gasteiger charge is 2.23. The van der Waals surface area contributed by atoms with Crippen LogP contribution in [0.15, 0.2) is 23.1 Å². The van der Waals surface area contributed by atoms with E-state index < -0.39 is 10.0 Å². The van der Waals surface area contributed by atoms with Gasteiger partial charge < -0.3 is 0 Å². The van der Waals surface area contributed by atoms with Gasteiger partial charge in [-0.05, 0) is 29.9 Å². The summed E-state index contributed by atoms with van der Waals surface area (Å²) >= 11 is 11.8. The van der Waals surface area contributed by atoms with Crippen LogP contribution in [0, 0.1) is 17.8 Å². The SMILES string of the molecule is CC(C)C(CNS(=O)(=O)c1cccc(Cl)c1Cl)C(C)C. The summed E-state index contributed by atoms with van der Waals surface area (Å²) in [5.74, 6) is 1.06. The first kappa shape index (κ1) is 17.8. The van der Waals surface area contributed by atoms with Crippen LogP contribution < -0.4 is 4.72 Å². The van der Waals surface area contributed by atoms with Crippen molar-refractivity contribution in [2.24, 2.45) is 17.8 Å². The van der Waals surface area contributed by atoms with E-state index in [1.165, 1.54) is 6.07 Å². The maximum absolute atomic E-state index is 12.3. The van der Waals surface area contributed by atoms with Crippen molar-refractivity contribution in [3.8, 4) is 0 Å². The average Bonchev–Trinajstić information content (AvgIpc) is 2.31. The maximum Gasteiger partial charge on any atom is 0.242 e. The van der Waals surface area contributed by atoms with Gasteiger partial charge in [-0.3, -0.25) is 0 Å². The molecule has 1 rings (SSSR count). The third-order valence-corrected chi connectivity index (χ3v) is 5.82. The molecule has 3 nitrogen and oxygen atoms in total. The molecule has 0 aliphatic rings. The van der Waals surface area contributed by atoms with Crippen molar-refractivity contribution in [3.05, 3.63) is 28.2 Å². The third kappa shape index (κ3) is 4.35. The van der Waals surface area contributed by atoms with E-state index in [-0.39, 0.29) is 20.9 Å². The summed E-state index contributed by atoms with van der Waals surface area (Å²) in [6, 6.07) is 4.59. The van der Waals surface area contributed by atoms with Gasteiger partial charge in [-0.1, -0.05) is 57.0 Å². The molecule has 0 spiro atoms. The molecule has 1 N–H and O–H groups in total. The highest BCUT2D eigenvalue weighted by molar-refractivity contribution is 7.89. The number of hydrogen-bond donors (Lipinski definition) is 1. The molecular formula is C14H21Cl2NO2S. The summed E-state index contributed by atoms with van der Waals surface area (Å²) in [7, 11) is -3.64. The van der Waals surface area contributed by atoms with Crippen LogP contribution in [0.25, 0.3) is 0 Å². The molecule has 0 atom stereocenters. The third-order valence-electron chi connectivity index (χ3n) is 3.43. The Kier molecular flexibility index (Phi) is 6.32. The minimum absolute atomic E-state index is 0.0259. The Bertz CT molecular complexity index is 548. The Morgan fingerprint density at radius 1 is 1.10 bits per heavy atom. The van der Waals surface area contributed by atoms with Crippen molar-refractivity contribution >= 4 is 33.2 Å². The molecule has 6 heteroatoms. The van der Waals surface area contributed by atoms with Crippen LogP contribution in [0.3, 0.4) is 0 Å². The molecule has 1 aromatic rings. The molecule has 0 aromatic heterocycles. The second kappa shape index (κ2) is 7.12. The Labute approximate surface area is 131 Å². The number of hydrogen-bond acceptors (Lipinski definition) is 2. The molecule has 0 fully saturated rings. The molecule has 0 bridgehead atoms. The van der Waals surface area contributed by atoms with Crippen molar-refractivity contribution < 1.29 is 8.42 Å². The second-order valence-electron chi connectivity index (χ2n) is 5.56. The zero-order valence-electron chi connectivity index (χ0n) is 12.2. The molecule has 0 heterocycles. The van der Waals surface area contributed by atoms with Gasteiger partial charge in [0, 0.05) is 6.54 Å². The van der Waals surface area contributed by atoms with Crippen molar-refractivity contribution in [3.63, 3.8) is 0 Å². The highest BCUT2D eigenvalue weighted by atomic mass is 35.5. The fourth-order valence-electron chi connectivity index (χ4n) is 2.22. The van der Waals surface area contributed by atoms with E-state index in [1.54, 1.807) is 12.1 Å². The fourth-order valence-corrected chi connectivity index (χ4v) is 4.05. The van der Waals surface area contributed by atoms with E-state index in [0.29, 0.717) is 18.4 Å². The minimum Gasteiger partial charge on any atom is -0.211 e. The van der Waals surface area contributed by atoms with Gasteiger partial charge in [-0.15, -0.1) is 0 Å². The molecule has 0 radical (unpaired) electrons. The molecule has 0 aliphatic carbocycles. The summed E-state index contributed by atoms with van der Waals surface area (Å²) in [5, 5.41) is 0.297. The van der Waals surface area contributed by atoms with Gasteiger partial charge in [0.15, 0.2) is 0 Å². The predicted molar refractivity (Wildman–Crippen MR) is 84.8 cm³/mol. The molecule has 114 valence electrons. The standard InChI is InChI=1S/C14H21Cl2NO2S/c1-9(2)11(10(3)4)8-17-20(18,19)13-7-5-6-12(15)14(13)16/h5-7,9-11,17H,8H2,1-4H3. The van der Waals surface area contributed by atoms with E-state index in [4.69, 9.17) is 23.2 Å². The van der Waals surface area contributed by atoms with Gasteiger partial charge in [0.05, 0.1) is 10.0 Å². The smallest absolute Gasteiger partial charge is 0.211 e. The number of nitrogens with one attached hydrogen (secondary N) is 1. The minimum atomic E-state index is -3.64. The molecule has 1 aromatic carbocycles. The Morgan fingerprint density at radius 3 is 2.15 bits per heavy atom. The fraction of sp³-hybridized carbons (Fsp3) is 0.571. The quantitative estimate of drug-likeness (QED) is 0.845. The lowest BCUT2D eigenvalue weighted by Gasteiger charge is -2.25. The zero-order chi connectivity index (χ0) is 15.5. The van der Waals surface area contributed by atoms with Crippen LogP contribution in [0.1, 0.15) is 27.7 Å². The van der Waals surface area contributed by atoms with Crippen molar-refractivity contribution in [1.82, 2.24) is 4.72 Å². The Morgan fingerprint density at radius 2 is 1.65 bits per heavy atom. The van der Waals surface area contributed by atoms with Gasteiger partial charge in [-0.25, -0.2) is 13.1 Å². The van der Waals surface area contributed by atoms with Crippen LogP contribution in [0.4, 0.5) is 0 Å². The number of rotatable bonds is 6. The lowest BCUT2D eigenvalue weighted by molar-refractivity contribution is 0.289. The largest absolute Gasteiger partial charge is 0.242 e.